The Labute approximate surface area is 126 Å². The number of carbonyl (C=O) groups is 1. The lowest BCUT2D eigenvalue weighted by Crippen LogP contribution is -2.40. The van der Waals surface area contributed by atoms with Crippen LogP contribution in [0.2, 0.25) is 0 Å². The predicted molar refractivity (Wildman–Crippen MR) is 83.7 cm³/mol. The number of aliphatic hydroxyl groups excluding tert-OH is 1. The quantitative estimate of drug-likeness (QED) is 0.772. The number of methoxy groups -OCH3 is 1. The third kappa shape index (κ3) is 3.15. The minimum absolute atomic E-state index is 0.190. The molecule has 0 fully saturated rings. The lowest BCUT2D eigenvalue weighted by molar-refractivity contribution is 0.0844. The molecular formula is C14H19N3O3S. The van der Waals surface area contributed by atoms with E-state index in [0.29, 0.717) is 10.6 Å². The molecule has 21 heavy (non-hydrogen) atoms. The van der Waals surface area contributed by atoms with Crippen LogP contribution in [0.25, 0.3) is 10.1 Å². The number of hydrogen-bond acceptors (Lipinski definition) is 6. The van der Waals surface area contributed by atoms with Gasteiger partial charge in [0.2, 0.25) is 0 Å². The molecule has 1 amide bonds. The van der Waals surface area contributed by atoms with Gasteiger partial charge in [-0.25, -0.2) is 0 Å². The summed E-state index contributed by atoms with van der Waals surface area (Å²) in [7, 11) is 1.51. The van der Waals surface area contributed by atoms with E-state index in [1.165, 1.54) is 18.4 Å². The number of nitrogens with zero attached hydrogens (tertiary/aromatic N) is 1. The van der Waals surface area contributed by atoms with Gasteiger partial charge in [-0.2, -0.15) is 0 Å². The van der Waals surface area contributed by atoms with Crippen molar-refractivity contribution in [2.45, 2.75) is 19.9 Å². The summed E-state index contributed by atoms with van der Waals surface area (Å²) in [6.07, 6.45) is 0. The highest BCUT2D eigenvalue weighted by Crippen LogP contribution is 2.35. The number of anilines is 1. The molecule has 0 saturated heterocycles. The second-order valence-corrected chi connectivity index (χ2v) is 5.93. The van der Waals surface area contributed by atoms with Crippen LogP contribution in [0.5, 0.6) is 0 Å². The van der Waals surface area contributed by atoms with E-state index in [1.807, 2.05) is 19.9 Å². The summed E-state index contributed by atoms with van der Waals surface area (Å²) in [6, 6.07) is 1.46. The van der Waals surface area contributed by atoms with E-state index in [2.05, 4.69) is 10.3 Å². The van der Waals surface area contributed by atoms with Gasteiger partial charge in [0.15, 0.2) is 0 Å². The van der Waals surface area contributed by atoms with Crippen molar-refractivity contribution in [1.29, 1.82) is 0 Å². The van der Waals surface area contributed by atoms with Crippen molar-refractivity contribution in [2.24, 2.45) is 0 Å². The summed E-state index contributed by atoms with van der Waals surface area (Å²) < 4.78 is 5.88. The summed E-state index contributed by atoms with van der Waals surface area (Å²) in [6.45, 7) is 3.83. The van der Waals surface area contributed by atoms with Crippen LogP contribution in [0.4, 0.5) is 5.69 Å². The molecule has 0 aliphatic rings. The minimum Gasteiger partial charge on any atom is -0.397 e. The van der Waals surface area contributed by atoms with Crippen LogP contribution in [0.1, 0.15) is 21.1 Å². The summed E-state index contributed by atoms with van der Waals surface area (Å²) in [4.78, 5) is 17.1. The summed E-state index contributed by atoms with van der Waals surface area (Å²) in [5.74, 6) is -0.304. The fourth-order valence-electron chi connectivity index (χ4n) is 2.24. The number of amides is 1. The van der Waals surface area contributed by atoms with Gasteiger partial charge in [0.25, 0.3) is 5.91 Å². The predicted octanol–water partition coefficient (Wildman–Crippen LogP) is 1.23. The fraction of sp³-hybridized carbons (Fsp3) is 0.429. The van der Waals surface area contributed by atoms with Crippen molar-refractivity contribution < 1.29 is 14.6 Å². The number of nitrogens with one attached hydrogen (secondary N) is 1. The molecule has 0 aliphatic carbocycles. The second kappa shape index (κ2) is 6.38. The van der Waals surface area contributed by atoms with Crippen LogP contribution in [-0.2, 0) is 4.74 Å². The molecular weight excluding hydrogens is 290 g/mol. The lowest BCUT2D eigenvalue weighted by Gasteiger charge is -2.14. The Balaban J connectivity index is 2.36. The number of pyridine rings is 1. The molecule has 2 rings (SSSR count). The van der Waals surface area contributed by atoms with Crippen LogP contribution >= 0.6 is 11.3 Å². The molecule has 7 heteroatoms. The molecule has 1 atom stereocenters. The highest BCUT2D eigenvalue weighted by atomic mass is 32.1. The van der Waals surface area contributed by atoms with Gasteiger partial charge in [-0.15, -0.1) is 11.3 Å². The van der Waals surface area contributed by atoms with Gasteiger partial charge in [-0.3, -0.25) is 9.78 Å². The highest BCUT2D eigenvalue weighted by molar-refractivity contribution is 7.21. The average molecular weight is 309 g/mol. The van der Waals surface area contributed by atoms with Crippen LogP contribution in [0.3, 0.4) is 0 Å². The largest absolute Gasteiger partial charge is 0.397 e. The van der Waals surface area contributed by atoms with Crippen LogP contribution < -0.4 is 11.1 Å². The van der Waals surface area contributed by atoms with Gasteiger partial charge in [0.1, 0.15) is 4.88 Å². The van der Waals surface area contributed by atoms with Crippen molar-refractivity contribution >= 4 is 33.0 Å². The molecule has 0 radical (unpaired) electrons. The van der Waals surface area contributed by atoms with Crippen molar-refractivity contribution in [1.82, 2.24) is 10.3 Å². The maximum atomic E-state index is 12.3. The first-order chi connectivity index (χ1) is 9.97. The Morgan fingerprint density at radius 3 is 2.90 bits per heavy atom. The third-order valence-electron chi connectivity index (χ3n) is 3.15. The van der Waals surface area contributed by atoms with Crippen molar-refractivity contribution in [3.63, 3.8) is 0 Å². The third-order valence-corrected chi connectivity index (χ3v) is 4.30. The topological polar surface area (TPSA) is 97.5 Å². The van der Waals surface area contributed by atoms with Crippen LogP contribution in [-0.4, -0.2) is 42.4 Å². The normalized spacial score (nSPS) is 12.6. The molecule has 0 spiro atoms. The van der Waals surface area contributed by atoms with Gasteiger partial charge >= 0.3 is 0 Å². The minimum atomic E-state index is -0.451. The standard InChI is InChI=1S/C14H19N3O3S/c1-7-4-10-11(8(2)16-7)12(15)13(21-10)14(19)17-9(5-18)6-20-3/h4,9,18H,5-6,15H2,1-3H3,(H,17,19). The van der Waals surface area contributed by atoms with E-state index >= 15 is 0 Å². The Bertz CT molecular complexity index is 669. The molecule has 0 bridgehead atoms. The molecule has 0 aromatic carbocycles. The molecule has 2 heterocycles. The molecule has 4 N–H and O–H groups in total. The maximum absolute atomic E-state index is 12.3. The number of hydrogen-bond donors (Lipinski definition) is 3. The van der Waals surface area contributed by atoms with Crippen molar-refractivity contribution in [3.8, 4) is 0 Å². The zero-order valence-corrected chi connectivity index (χ0v) is 13.1. The van der Waals surface area contributed by atoms with E-state index < -0.39 is 6.04 Å². The molecule has 1 unspecified atom stereocenters. The SMILES string of the molecule is COCC(CO)NC(=O)c1sc2cc(C)nc(C)c2c1N. The Hall–Kier alpha value is -1.70. The van der Waals surface area contributed by atoms with Gasteiger partial charge in [-0.1, -0.05) is 0 Å². The number of rotatable bonds is 5. The van der Waals surface area contributed by atoms with Gasteiger partial charge in [0, 0.05) is 28.6 Å². The second-order valence-electron chi connectivity index (χ2n) is 4.88. The van der Waals surface area contributed by atoms with Crippen LogP contribution in [0.15, 0.2) is 6.07 Å². The molecule has 6 nitrogen and oxygen atoms in total. The summed E-state index contributed by atoms with van der Waals surface area (Å²) >= 11 is 1.33. The van der Waals surface area contributed by atoms with E-state index in [-0.39, 0.29) is 19.1 Å². The molecule has 2 aromatic heterocycles. The zero-order chi connectivity index (χ0) is 15.6. The first-order valence-corrected chi connectivity index (χ1v) is 7.36. The highest BCUT2D eigenvalue weighted by Gasteiger charge is 2.20. The number of aryl methyl sites for hydroxylation is 2. The van der Waals surface area contributed by atoms with Gasteiger partial charge < -0.3 is 20.9 Å². The monoisotopic (exact) mass is 309 g/mol. The van der Waals surface area contributed by atoms with E-state index in [0.717, 1.165) is 21.5 Å². The maximum Gasteiger partial charge on any atom is 0.263 e. The molecule has 0 aliphatic heterocycles. The van der Waals surface area contributed by atoms with Crippen molar-refractivity contribution in [2.75, 3.05) is 26.1 Å². The number of nitrogens with two attached hydrogens (primary N) is 1. The summed E-state index contributed by atoms with van der Waals surface area (Å²) in [5, 5.41) is 12.7. The number of carbonyl (C=O) groups excluding carboxylic acids is 1. The molecule has 0 saturated carbocycles. The Morgan fingerprint density at radius 1 is 1.57 bits per heavy atom. The lowest BCUT2D eigenvalue weighted by atomic mass is 10.2. The number of aliphatic hydroxyl groups is 1. The number of thiophene rings is 1. The van der Waals surface area contributed by atoms with Crippen molar-refractivity contribution in [3.05, 3.63) is 22.3 Å². The average Bonchev–Trinajstić information content (AvgIpc) is 2.75. The number of fused-ring (bicyclic) bond motifs is 1. The zero-order valence-electron chi connectivity index (χ0n) is 12.3. The van der Waals surface area contributed by atoms with E-state index in [1.54, 1.807) is 0 Å². The number of ether oxygens (including phenoxy) is 1. The fourth-order valence-corrected chi connectivity index (χ4v) is 3.41. The Morgan fingerprint density at radius 2 is 2.29 bits per heavy atom. The van der Waals surface area contributed by atoms with E-state index in [9.17, 15) is 9.90 Å². The Kier molecular flexibility index (Phi) is 4.76. The number of aromatic nitrogens is 1. The van der Waals surface area contributed by atoms with E-state index in [4.69, 9.17) is 10.5 Å². The molecule has 2 aromatic rings. The molecule has 114 valence electrons. The first-order valence-electron chi connectivity index (χ1n) is 6.54. The smallest absolute Gasteiger partial charge is 0.263 e. The first kappa shape index (κ1) is 15.7. The van der Waals surface area contributed by atoms with Crippen LogP contribution in [0, 0.1) is 13.8 Å². The number of nitrogen functional groups attached to an aromatic ring is 1. The van der Waals surface area contributed by atoms with Gasteiger partial charge in [0.05, 0.1) is 24.9 Å². The summed E-state index contributed by atoms with van der Waals surface area (Å²) in [5.41, 5.74) is 8.24. The van der Waals surface area contributed by atoms with Gasteiger partial charge in [-0.05, 0) is 19.9 Å².